The summed E-state index contributed by atoms with van der Waals surface area (Å²) in [5.74, 6) is -0.115. The maximum Gasteiger partial charge on any atom is 0.331 e. The summed E-state index contributed by atoms with van der Waals surface area (Å²) in [7, 11) is 0. The average Bonchev–Trinajstić information content (AvgIpc) is 2.75. The molecular formula is C24H27NO5. The number of hydrogen-bond acceptors (Lipinski definition) is 5. The van der Waals surface area contributed by atoms with Crippen LogP contribution in [-0.4, -0.2) is 37.4 Å². The van der Waals surface area contributed by atoms with Crippen LogP contribution in [0.2, 0.25) is 0 Å². The monoisotopic (exact) mass is 409 g/mol. The quantitative estimate of drug-likeness (QED) is 0.265. The van der Waals surface area contributed by atoms with E-state index in [0.29, 0.717) is 18.7 Å². The molecule has 0 heterocycles. The van der Waals surface area contributed by atoms with Crippen LogP contribution in [0.5, 0.6) is 5.75 Å². The molecular weight excluding hydrogens is 382 g/mol. The van der Waals surface area contributed by atoms with Crippen LogP contribution in [0, 0.1) is 0 Å². The van der Waals surface area contributed by atoms with E-state index in [1.807, 2.05) is 43.3 Å². The molecule has 0 bridgehead atoms. The van der Waals surface area contributed by atoms with Gasteiger partial charge in [-0.15, -0.1) is 0 Å². The Morgan fingerprint density at radius 1 is 1.00 bits per heavy atom. The Hall–Kier alpha value is -3.41. The third kappa shape index (κ3) is 8.31. The highest BCUT2D eigenvalue weighted by Gasteiger charge is 2.08. The molecule has 1 N–H and O–H groups in total. The van der Waals surface area contributed by atoms with Crippen molar-refractivity contribution in [2.24, 2.45) is 0 Å². The zero-order valence-corrected chi connectivity index (χ0v) is 17.4. The van der Waals surface area contributed by atoms with Crippen LogP contribution in [0.1, 0.15) is 41.8 Å². The molecule has 0 saturated heterocycles. The van der Waals surface area contributed by atoms with Gasteiger partial charge in [-0.1, -0.05) is 36.4 Å². The number of hydrogen-bond donors (Lipinski definition) is 1. The number of nitrogens with one attached hydrogen (secondary N) is 1. The maximum atomic E-state index is 12.2. The summed E-state index contributed by atoms with van der Waals surface area (Å²) in [4.78, 5) is 34.9. The van der Waals surface area contributed by atoms with Crippen molar-refractivity contribution < 1.29 is 23.9 Å². The number of benzene rings is 2. The molecule has 0 saturated carbocycles. The van der Waals surface area contributed by atoms with Gasteiger partial charge in [-0.3, -0.25) is 9.59 Å². The molecule has 0 fully saturated rings. The summed E-state index contributed by atoms with van der Waals surface area (Å²) in [6.45, 7) is 4.31. The van der Waals surface area contributed by atoms with Gasteiger partial charge in [0.25, 0.3) is 0 Å². The van der Waals surface area contributed by atoms with Crippen molar-refractivity contribution >= 4 is 23.7 Å². The van der Waals surface area contributed by atoms with Crippen LogP contribution in [0.15, 0.2) is 54.6 Å². The second-order valence-corrected chi connectivity index (χ2v) is 6.65. The van der Waals surface area contributed by atoms with E-state index in [9.17, 15) is 14.4 Å². The lowest BCUT2D eigenvalue weighted by atomic mass is 10.1. The first kappa shape index (κ1) is 22.9. The number of rotatable bonds is 11. The largest absolute Gasteiger partial charge is 0.494 e. The SMILES string of the molecule is CCOc1ccc(/C=C/C(=O)OCC(=O)c2ccc(CCCNC(C)=O)cc2)cc1. The molecule has 0 spiro atoms. The van der Waals surface area contributed by atoms with E-state index in [1.54, 1.807) is 18.2 Å². The fraction of sp³-hybridized carbons (Fsp3) is 0.292. The zero-order chi connectivity index (χ0) is 21.8. The van der Waals surface area contributed by atoms with Crippen molar-refractivity contribution in [1.29, 1.82) is 0 Å². The minimum Gasteiger partial charge on any atom is -0.494 e. The molecule has 0 aliphatic heterocycles. The number of ether oxygens (including phenoxy) is 2. The van der Waals surface area contributed by atoms with E-state index >= 15 is 0 Å². The van der Waals surface area contributed by atoms with E-state index in [-0.39, 0.29) is 18.3 Å². The Balaban J connectivity index is 1.76. The summed E-state index contributed by atoms with van der Waals surface area (Å²) in [6.07, 6.45) is 4.55. The lowest BCUT2D eigenvalue weighted by molar-refractivity contribution is -0.136. The molecule has 0 unspecified atom stereocenters. The molecule has 0 aromatic heterocycles. The van der Waals surface area contributed by atoms with Gasteiger partial charge < -0.3 is 14.8 Å². The maximum absolute atomic E-state index is 12.2. The highest BCUT2D eigenvalue weighted by molar-refractivity contribution is 5.98. The van der Waals surface area contributed by atoms with Gasteiger partial charge in [0, 0.05) is 25.1 Å². The van der Waals surface area contributed by atoms with Gasteiger partial charge in [-0.05, 0) is 49.1 Å². The zero-order valence-electron chi connectivity index (χ0n) is 17.4. The fourth-order valence-electron chi connectivity index (χ4n) is 2.69. The number of carbonyl (C=O) groups excluding carboxylic acids is 3. The van der Waals surface area contributed by atoms with Crippen LogP contribution >= 0.6 is 0 Å². The Labute approximate surface area is 176 Å². The van der Waals surface area contributed by atoms with Gasteiger partial charge in [-0.25, -0.2) is 4.79 Å². The number of carbonyl (C=O) groups is 3. The van der Waals surface area contributed by atoms with Gasteiger partial charge in [0.05, 0.1) is 6.61 Å². The smallest absolute Gasteiger partial charge is 0.331 e. The summed E-state index contributed by atoms with van der Waals surface area (Å²) in [6, 6.07) is 14.5. The lowest BCUT2D eigenvalue weighted by Gasteiger charge is -2.05. The number of ketones is 1. The molecule has 2 rings (SSSR count). The van der Waals surface area contributed by atoms with E-state index in [1.165, 1.54) is 13.0 Å². The Bertz CT molecular complexity index is 869. The standard InChI is InChI=1S/C24H27NO5/c1-3-29-22-13-8-20(9-14-22)10-15-24(28)30-17-23(27)21-11-6-19(7-12-21)5-4-16-25-18(2)26/h6-15H,3-5,16-17H2,1-2H3,(H,25,26)/b15-10+. The van der Waals surface area contributed by atoms with Crippen LogP contribution in [0.4, 0.5) is 0 Å². The summed E-state index contributed by atoms with van der Waals surface area (Å²) < 4.78 is 10.4. The third-order valence-electron chi connectivity index (χ3n) is 4.24. The molecule has 0 aliphatic rings. The Kier molecular flexibility index (Phi) is 9.31. The second kappa shape index (κ2) is 12.2. The van der Waals surface area contributed by atoms with Crippen LogP contribution in [0.25, 0.3) is 6.08 Å². The van der Waals surface area contributed by atoms with Crippen LogP contribution < -0.4 is 10.1 Å². The van der Waals surface area contributed by atoms with Gasteiger partial charge in [0.2, 0.25) is 5.91 Å². The van der Waals surface area contributed by atoms with Crippen molar-refractivity contribution in [3.05, 3.63) is 71.3 Å². The van der Waals surface area contributed by atoms with Gasteiger partial charge in [-0.2, -0.15) is 0 Å². The van der Waals surface area contributed by atoms with Crippen molar-refractivity contribution in [2.45, 2.75) is 26.7 Å². The molecule has 0 radical (unpaired) electrons. The Morgan fingerprint density at radius 3 is 2.33 bits per heavy atom. The normalized spacial score (nSPS) is 10.6. The molecule has 6 nitrogen and oxygen atoms in total. The molecule has 2 aromatic rings. The molecule has 6 heteroatoms. The van der Waals surface area contributed by atoms with Crippen molar-refractivity contribution in [3.63, 3.8) is 0 Å². The van der Waals surface area contributed by atoms with Crippen molar-refractivity contribution in [3.8, 4) is 5.75 Å². The van der Waals surface area contributed by atoms with Gasteiger partial charge >= 0.3 is 5.97 Å². The predicted octanol–water partition coefficient (Wildman–Crippen LogP) is 3.59. The lowest BCUT2D eigenvalue weighted by Crippen LogP contribution is -2.21. The first-order valence-corrected chi connectivity index (χ1v) is 9.92. The summed E-state index contributed by atoms with van der Waals surface area (Å²) in [5, 5.41) is 2.75. The average molecular weight is 409 g/mol. The van der Waals surface area contributed by atoms with E-state index in [0.717, 1.165) is 29.7 Å². The molecule has 0 atom stereocenters. The Morgan fingerprint density at radius 2 is 1.70 bits per heavy atom. The molecule has 1 amide bonds. The number of Topliss-reactive ketones (excluding diaryl/α,β-unsaturated/α-hetero) is 1. The highest BCUT2D eigenvalue weighted by atomic mass is 16.5. The minimum atomic E-state index is -0.577. The first-order chi connectivity index (χ1) is 14.5. The van der Waals surface area contributed by atoms with Crippen LogP contribution in [-0.2, 0) is 20.7 Å². The van der Waals surface area contributed by atoms with Gasteiger partial charge in [0.1, 0.15) is 5.75 Å². The highest BCUT2D eigenvalue weighted by Crippen LogP contribution is 2.13. The minimum absolute atomic E-state index is 0.0418. The first-order valence-electron chi connectivity index (χ1n) is 9.92. The van der Waals surface area contributed by atoms with E-state index in [4.69, 9.17) is 9.47 Å². The predicted molar refractivity (Wildman–Crippen MR) is 115 cm³/mol. The molecule has 30 heavy (non-hydrogen) atoms. The second-order valence-electron chi connectivity index (χ2n) is 6.65. The van der Waals surface area contributed by atoms with Crippen LogP contribution in [0.3, 0.4) is 0 Å². The fourth-order valence-corrected chi connectivity index (χ4v) is 2.69. The van der Waals surface area contributed by atoms with E-state index < -0.39 is 5.97 Å². The number of esters is 1. The summed E-state index contributed by atoms with van der Waals surface area (Å²) >= 11 is 0. The number of aryl methyl sites for hydroxylation is 1. The molecule has 0 aliphatic carbocycles. The van der Waals surface area contributed by atoms with Crippen molar-refractivity contribution in [1.82, 2.24) is 5.32 Å². The summed E-state index contributed by atoms with van der Waals surface area (Å²) in [5.41, 5.74) is 2.40. The van der Waals surface area contributed by atoms with E-state index in [2.05, 4.69) is 5.32 Å². The molecule has 158 valence electrons. The third-order valence-corrected chi connectivity index (χ3v) is 4.24. The molecule has 2 aromatic carbocycles. The topological polar surface area (TPSA) is 81.7 Å². The number of amides is 1. The van der Waals surface area contributed by atoms with Gasteiger partial charge in [0.15, 0.2) is 12.4 Å². The van der Waals surface area contributed by atoms with Crippen molar-refractivity contribution in [2.75, 3.05) is 19.8 Å².